The van der Waals surface area contributed by atoms with E-state index < -0.39 is 18.6 Å². The van der Waals surface area contributed by atoms with E-state index in [9.17, 15) is 20.3 Å². The Labute approximate surface area is 308 Å². The number of aliphatic hydroxyl groups is 1. The van der Waals surface area contributed by atoms with Gasteiger partial charge in [-0.15, -0.1) is 0 Å². The summed E-state index contributed by atoms with van der Waals surface area (Å²) in [5.41, 5.74) is 11.0. The van der Waals surface area contributed by atoms with Gasteiger partial charge >= 0.3 is 5.97 Å². The Bertz CT molecular complexity index is 2090. The molecule has 0 spiro atoms. The average Bonchev–Trinajstić information content (AvgIpc) is 3.70. The summed E-state index contributed by atoms with van der Waals surface area (Å²) in [6.45, 7) is 6.20. The molecule has 0 bridgehead atoms. The number of hydrogen-bond donors (Lipinski definition) is 4. The van der Waals surface area contributed by atoms with Crippen molar-refractivity contribution in [2.24, 2.45) is 0 Å². The zero-order chi connectivity index (χ0) is 36.6. The number of carboxylic acid groups (broad SMARTS) is 1. The van der Waals surface area contributed by atoms with Gasteiger partial charge in [0.25, 0.3) is 0 Å². The van der Waals surface area contributed by atoms with Crippen LogP contribution in [0.1, 0.15) is 51.3 Å². The van der Waals surface area contributed by atoms with Crippen molar-refractivity contribution in [1.82, 2.24) is 15.6 Å². The molecule has 0 amide bonds. The molecule has 266 valence electrons. The molecule has 0 radical (unpaired) electrons. The van der Waals surface area contributed by atoms with E-state index in [-0.39, 0.29) is 19.8 Å². The summed E-state index contributed by atoms with van der Waals surface area (Å²) in [6.07, 6.45) is 4.25. The molecule has 0 saturated carbocycles. The minimum absolute atomic E-state index is 0.0606. The molecule has 2 unspecified atom stereocenters. The summed E-state index contributed by atoms with van der Waals surface area (Å²) < 4.78 is 12.5. The van der Waals surface area contributed by atoms with Gasteiger partial charge in [0.1, 0.15) is 36.8 Å². The second-order valence-electron chi connectivity index (χ2n) is 13.0. The quantitative estimate of drug-likeness (QED) is 0.0931. The SMILES string of the molecule is Cc1c(COc2cc(OCc3cncc(C#N)c3)c(CNC(CO)C(=O)O)cc2Cl)cccc1-c1cccc(-c2ccc(C3CCNC3)cc2)c1C. The number of pyridine rings is 1. The van der Waals surface area contributed by atoms with E-state index >= 15 is 0 Å². The molecular weight excluding hydrogens is 676 g/mol. The first-order chi connectivity index (χ1) is 25.2. The number of hydrogen-bond acceptors (Lipinski definition) is 8. The molecule has 5 aromatic rings. The number of nitrogens with zero attached hydrogens (tertiary/aromatic N) is 2. The monoisotopic (exact) mass is 716 g/mol. The molecule has 4 N–H and O–H groups in total. The van der Waals surface area contributed by atoms with Crippen LogP contribution in [0.25, 0.3) is 22.3 Å². The number of carboxylic acids is 1. The van der Waals surface area contributed by atoms with Gasteiger partial charge in [-0.25, -0.2) is 0 Å². The summed E-state index contributed by atoms with van der Waals surface area (Å²) in [7, 11) is 0. The molecule has 9 nitrogen and oxygen atoms in total. The van der Waals surface area contributed by atoms with Crippen molar-refractivity contribution >= 4 is 17.6 Å². The van der Waals surface area contributed by atoms with Gasteiger partial charge in [-0.2, -0.15) is 5.26 Å². The molecule has 52 heavy (non-hydrogen) atoms. The lowest BCUT2D eigenvalue weighted by Gasteiger charge is -2.19. The minimum atomic E-state index is -1.18. The fourth-order valence-electron chi connectivity index (χ4n) is 6.61. The Hall–Kier alpha value is -5.24. The van der Waals surface area contributed by atoms with E-state index in [1.807, 2.05) is 12.1 Å². The number of ether oxygens (including phenoxy) is 2. The molecule has 4 aromatic carbocycles. The molecule has 1 aromatic heterocycles. The smallest absolute Gasteiger partial charge is 0.323 e. The van der Waals surface area contributed by atoms with E-state index in [4.69, 9.17) is 21.1 Å². The number of aliphatic hydroxyl groups excluding tert-OH is 1. The van der Waals surface area contributed by atoms with Crippen molar-refractivity contribution in [3.05, 3.63) is 135 Å². The van der Waals surface area contributed by atoms with Crippen LogP contribution in [0, 0.1) is 25.2 Å². The van der Waals surface area contributed by atoms with E-state index in [1.165, 1.54) is 34.9 Å². The Morgan fingerprint density at radius 1 is 0.962 bits per heavy atom. The molecule has 1 fully saturated rings. The number of halogens is 1. The second kappa shape index (κ2) is 16.9. The van der Waals surface area contributed by atoms with Crippen LogP contribution in [0.5, 0.6) is 11.5 Å². The fraction of sp³-hybridized carbons (Fsp3) is 0.262. The molecule has 6 rings (SSSR count). The van der Waals surface area contributed by atoms with E-state index in [0.717, 1.165) is 35.3 Å². The van der Waals surface area contributed by atoms with E-state index in [1.54, 1.807) is 24.4 Å². The van der Waals surface area contributed by atoms with Crippen LogP contribution in [-0.4, -0.2) is 46.9 Å². The summed E-state index contributed by atoms with van der Waals surface area (Å²) in [5, 5.41) is 34.8. The predicted octanol–water partition coefficient (Wildman–Crippen LogP) is 7.33. The maximum Gasteiger partial charge on any atom is 0.323 e. The number of nitriles is 1. The Kier molecular flexibility index (Phi) is 11.8. The molecule has 2 atom stereocenters. The normalized spacial score (nSPS) is 14.5. The molecular formula is C42H41ClN4O5. The van der Waals surface area contributed by atoms with Crippen molar-refractivity contribution in [3.63, 3.8) is 0 Å². The van der Waals surface area contributed by atoms with Crippen molar-refractivity contribution in [2.75, 3.05) is 19.7 Å². The van der Waals surface area contributed by atoms with Crippen molar-refractivity contribution < 1.29 is 24.5 Å². The van der Waals surface area contributed by atoms with Gasteiger partial charge in [0, 0.05) is 42.7 Å². The molecule has 0 aliphatic carbocycles. The number of benzene rings is 4. The van der Waals surface area contributed by atoms with Crippen molar-refractivity contribution in [1.29, 1.82) is 5.26 Å². The Morgan fingerprint density at radius 2 is 1.69 bits per heavy atom. The van der Waals surface area contributed by atoms with Crippen LogP contribution in [0.3, 0.4) is 0 Å². The van der Waals surface area contributed by atoms with Crippen molar-refractivity contribution in [3.8, 4) is 39.8 Å². The first-order valence-corrected chi connectivity index (χ1v) is 17.6. The summed E-state index contributed by atoms with van der Waals surface area (Å²) in [4.78, 5) is 15.6. The predicted molar refractivity (Wildman–Crippen MR) is 201 cm³/mol. The lowest BCUT2D eigenvalue weighted by Crippen LogP contribution is -2.39. The Balaban J connectivity index is 1.23. The van der Waals surface area contributed by atoms with Gasteiger partial charge in [-0.05, 0) is 89.4 Å². The zero-order valence-electron chi connectivity index (χ0n) is 29.2. The molecule has 1 aliphatic rings. The highest BCUT2D eigenvalue weighted by molar-refractivity contribution is 6.32. The van der Waals surface area contributed by atoms with Crippen LogP contribution in [0.4, 0.5) is 0 Å². The summed E-state index contributed by atoms with van der Waals surface area (Å²) in [5.74, 6) is 0.191. The first-order valence-electron chi connectivity index (χ1n) is 17.2. The zero-order valence-corrected chi connectivity index (χ0v) is 29.9. The molecule has 10 heteroatoms. The van der Waals surface area contributed by atoms with Crippen molar-refractivity contribution in [2.45, 2.75) is 52.0 Å². The van der Waals surface area contributed by atoms with E-state index in [0.29, 0.717) is 39.1 Å². The standard InChI is InChI=1S/C42H41ClN4O5/c1-26-33(5-3-7-36(26)37-8-4-6-35(27(37)2)31-11-9-30(10-12-31)32-13-14-45-21-32)25-52-41-17-40(51-24-29-15-28(18-44)19-46-20-29)34(16-38(41)43)22-47-39(23-48)42(49)50/h3-12,15-17,19-20,32,39,45,47-48H,13-14,21-25H2,1-2H3,(H,49,50). The van der Waals surface area contributed by atoms with Gasteiger partial charge in [0.05, 0.1) is 17.2 Å². The first kappa shape index (κ1) is 36.5. The van der Waals surface area contributed by atoms with E-state index in [2.05, 4.69) is 84.1 Å². The highest BCUT2D eigenvalue weighted by atomic mass is 35.5. The third-order valence-electron chi connectivity index (χ3n) is 9.66. The fourth-order valence-corrected chi connectivity index (χ4v) is 6.85. The van der Waals surface area contributed by atoms with Crippen LogP contribution >= 0.6 is 11.6 Å². The number of aliphatic carboxylic acids is 1. The number of aromatic nitrogens is 1. The van der Waals surface area contributed by atoms with Gasteiger partial charge in [0.15, 0.2) is 0 Å². The van der Waals surface area contributed by atoms with Gasteiger partial charge in [-0.1, -0.05) is 72.3 Å². The topological polar surface area (TPSA) is 137 Å². The largest absolute Gasteiger partial charge is 0.488 e. The van der Waals surface area contributed by atoms with Crippen LogP contribution in [-0.2, 0) is 24.6 Å². The van der Waals surface area contributed by atoms with Gasteiger partial charge in [0.2, 0.25) is 0 Å². The summed E-state index contributed by atoms with van der Waals surface area (Å²) >= 11 is 6.72. The highest BCUT2D eigenvalue weighted by Crippen LogP contribution is 2.37. The number of carbonyl (C=O) groups is 1. The summed E-state index contributed by atoms with van der Waals surface area (Å²) in [6, 6.07) is 27.6. The highest BCUT2D eigenvalue weighted by Gasteiger charge is 2.20. The van der Waals surface area contributed by atoms with Crippen LogP contribution in [0.15, 0.2) is 91.3 Å². The minimum Gasteiger partial charge on any atom is -0.488 e. The average molecular weight is 717 g/mol. The number of nitrogens with one attached hydrogen (secondary N) is 2. The van der Waals surface area contributed by atoms with Gasteiger partial charge < -0.3 is 25.0 Å². The third-order valence-corrected chi connectivity index (χ3v) is 9.95. The lowest BCUT2D eigenvalue weighted by atomic mass is 9.89. The van der Waals surface area contributed by atoms with Gasteiger partial charge in [-0.3, -0.25) is 15.1 Å². The molecule has 1 aliphatic heterocycles. The number of rotatable bonds is 14. The lowest BCUT2D eigenvalue weighted by molar-refractivity contribution is -0.140. The third kappa shape index (κ3) is 8.44. The maximum atomic E-state index is 11.5. The molecule has 2 heterocycles. The maximum absolute atomic E-state index is 11.5. The van der Waals surface area contributed by atoms with Crippen LogP contribution < -0.4 is 20.1 Å². The Morgan fingerprint density at radius 3 is 2.40 bits per heavy atom. The molecule has 1 saturated heterocycles. The van der Waals surface area contributed by atoms with Crippen LogP contribution in [0.2, 0.25) is 5.02 Å². The second-order valence-corrected chi connectivity index (χ2v) is 13.4.